The monoisotopic (exact) mass is 151 g/mol. The molecule has 1 nitrogen and oxygen atoms in total. The van der Waals surface area contributed by atoms with Gasteiger partial charge in [-0.05, 0) is 5.92 Å². The van der Waals surface area contributed by atoms with Gasteiger partial charge < -0.3 is 0 Å². The number of rotatable bonds is 0. The zero-order valence-corrected chi connectivity index (χ0v) is 8.78. The standard InChI is InChI=1S/C8H2N.K/c1-2-3-4-5-6-7-8-9;/h1H2;/q-1;+1. The van der Waals surface area contributed by atoms with Crippen LogP contribution in [0.3, 0.4) is 0 Å². The van der Waals surface area contributed by atoms with Gasteiger partial charge >= 0.3 is 51.4 Å². The van der Waals surface area contributed by atoms with Gasteiger partial charge in [0.15, 0.2) is 6.07 Å². The van der Waals surface area contributed by atoms with Crippen molar-refractivity contribution in [1.82, 2.24) is 0 Å². The number of nitriles is 1. The second kappa shape index (κ2) is 11.5. The van der Waals surface area contributed by atoms with Gasteiger partial charge in [-0.15, -0.1) is 5.92 Å². The molecular formula is C8H2KN. The Morgan fingerprint density at radius 3 is 1.90 bits per heavy atom. The summed E-state index contributed by atoms with van der Waals surface area (Å²) < 4.78 is 0. The first-order chi connectivity index (χ1) is 4.41. The summed E-state index contributed by atoms with van der Waals surface area (Å²) in [4.78, 5) is 0. The van der Waals surface area contributed by atoms with Crippen LogP contribution in [0.25, 0.3) is 0 Å². The van der Waals surface area contributed by atoms with Gasteiger partial charge in [-0.25, -0.2) is 5.92 Å². The van der Waals surface area contributed by atoms with Crippen LogP contribution in [0.4, 0.5) is 0 Å². The fourth-order valence-corrected chi connectivity index (χ4v) is 0.166. The minimum Gasteiger partial charge on any atom is -0.284 e. The van der Waals surface area contributed by atoms with E-state index in [2.05, 4.69) is 42.4 Å². The third-order valence-corrected chi connectivity index (χ3v) is 0.394. The average Bonchev–Trinajstić information content (AvgIpc) is 1.89. The Bertz CT molecular complexity index is 290. The van der Waals surface area contributed by atoms with Crippen molar-refractivity contribution in [3.05, 3.63) is 6.92 Å². The Morgan fingerprint density at radius 1 is 0.900 bits per heavy atom. The first kappa shape index (κ1) is 12.4. The molecule has 0 bridgehead atoms. The maximum Gasteiger partial charge on any atom is 1.00 e. The first-order valence-corrected chi connectivity index (χ1v) is 2.08. The summed E-state index contributed by atoms with van der Waals surface area (Å²) in [5.41, 5.74) is 0. The first-order valence-electron chi connectivity index (χ1n) is 2.08. The Morgan fingerprint density at radius 2 is 1.40 bits per heavy atom. The van der Waals surface area contributed by atoms with Crippen LogP contribution < -0.4 is 51.4 Å². The number of hydrogen-bond donors (Lipinski definition) is 0. The van der Waals surface area contributed by atoms with E-state index >= 15 is 0 Å². The smallest absolute Gasteiger partial charge is 0.284 e. The van der Waals surface area contributed by atoms with Gasteiger partial charge in [0.1, 0.15) is 0 Å². The zero-order valence-electron chi connectivity index (χ0n) is 5.65. The van der Waals surface area contributed by atoms with Crippen molar-refractivity contribution in [2.45, 2.75) is 0 Å². The molecule has 0 aliphatic rings. The fourth-order valence-electron chi connectivity index (χ4n) is 0.166. The Labute approximate surface area is 104 Å². The van der Waals surface area contributed by atoms with E-state index in [1.54, 1.807) is 6.07 Å². The summed E-state index contributed by atoms with van der Waals surface area (Å²) in [7, 11) is 0. The Hall–Kier alpha value is -0.324. The van der Waals surface area contributed by atoms with Crippen LogP contribution in [0.2, 0.25) is 0 Å². The molecule has 0 fully saturated rings. The predicted molar refractivity (Wildman–Crippen MR) is 34.3 cm³/mol. The number of nitrogens with zero attached hydrogens (tertiary/aromatic N) is 1. The Kier molecular flexibility index (Phi) is 14.2. The quantitative estimate of drug-likeness (QED) is 0.211. The van der Waals surface area contributed by atoms with E-state index in [-0.39, 0.29) is 51.4 Å². The maximum atomic E-state index is 7.88. The molecule has 0 rings (SSSR count). The summed E-state index contributed by atoms with van der Waals surface area (Å²) in [6, 6.07) is 1.62. The Balaban J connectivity index is 0. The zero-order chi connectivity index (χ0) is 6.95. The van der Waals surface area contributed by atoms with Crippen molar-refractivity contribution in [2.24, 2.45) is 0 Å². The molecule has 0 aromatic rings. The van der Waals surface area contributed by atoms with Crippen LogP contribution in [0.15, 0.2) is 0 Å². The normalized spacial score (nSPS) is 3.10. The fraction of sp³-hybridized carbons (Fsp3) is 0. The van der Waals surface area contributed by atoms with E-state index in [0.29, 0.717) is 0 Å². The molecule has 0 aromatic heterocycles. The van der Waals surface area contributed by atoms with Crippen molar-refractivity contribution in [3.63, 3.8) is 0 Å². The molecule has 0 saturated heterocycles. The summed E-state index contributed by atoms with van der Waals surface area (Å²) in [5.74, 6) is 13.8. The van der Waals surface area contributed by atoms with E-state index in [9.17, 15) is 0 Å². The second-order valence-corrected chi connectivity index (χ2v) is 0.914. The van der Waals surface area contributed by atoms with E-state index in [1.807, 2.05) is 0 Å². The summed E-state index contributed by atoms with van der Waals surface area (Å²) in [6.45, 7) is 3.23. The molecule has 0 aliphatic heterocycles. The minimum atomic E-state index is 0. The molecule has 0 amide bonds. The molecule has 10 heavy (non-hydrogen) atoms. The van der Waals surface area contributed by atoms with Gasteiger partial charge in [-0.2, -0.15) is 12.2 Å². The molecule has 0 spiro atoms. The van der Waals surface area contributed by atoms with Gasteiger partial charge in [-0.1, -0.05) is 0 Å². The molecule has 0 aliphatic carbocycles. The largest absolute Gasteiger partial charge is 1.00 e. The summed E-state index contributed by atoms with van der Waals surface area (Å²) >= 11 is 0. The van der Waals surface area contributed by atoms with Crippen molar-refractivity contribution < 1.29 is 51.4 Å². The van der Waals surface area contributed by atoms with Crippen molar-refractivity contribution in [2.75, 3.05) is 0 Å². The van der Waals surface area contributed by atoms with Crippen LogP contribution in [0, 0.1) is 53.8 Å². The maximum absolute atomic E-state index is 7.88. The topological polar surface area (TPSA) is 23.8 Å². The molecule has 40 valence electrons. The molecule has 0 unspecified atom stereocenters. The molecule has 0 radical (unpaired) electrons. The molecular weight excluding hydrogens is 149 g/mol. The second-order valence-electron chi connectivity index (χ2n) is 0.914. The van der Waals surface area contributed by atoms with Gasteiger partial charge in [0.25, 0.3) is 0 Å². The van der Waals surface area contributed by atoms with Crippen LogP contribution >= 0.6 is 0 Å². The van der Waals surface area contributed by atoms with Crippen molar-refractivity contribution in [1.29, 1.82) is 5.26 Å². The summed E-state index contributed by atoms with van der Waals surface area (Å²) in [6.07, 6.45) is 0. The average molecular weight is 151 g/mol. The van der Waals surface area contributed by atoms with Crippen LogP contribution in [-0.4, -0.2) is 0 Å². The molecule has 0 atom stereocenters. The van der Waals surface area contributed by atoms with E-state index in [4.69, 9.17) is 5.26 Å². The van der Waals surface area contributed by atoms with Crippen LogP contribution in [0.1, 0.15) is 0 Å². The van der Waals surface area contributed by atoms with Crippen molar-refractivity contribution >= 4 is 0 Å². The number of hydrogen-bond acceptors (Lipinski definition) is 1. The van der Waals surface area contributed by atoms with Gasteiger partial charge in [0.05, 0.1) is 0 Å². The van der Waals surface area contributed by atoms with Crippen LogP contribution in [-0.2, 0) is 0 Å². The third kappa shape index (κ3) is 10.6. The van der Waals surface area contributed by atoms with Gasteiger partial charge in [0, 0.05) is 11.8 Å². The van der Waals surface area contributed by atoms with Gasteiger partial charge in [-0.3, -0.25) is 5.92 Å². The molecule has 0 N–H and O–H groups in total. The van der Waals surface area contributed by atoms with E-state index in [0.717, 1.165) is 0 Å². The van der Waals surface area contributed by atoms with Gasteiger partial charge in [0.2, 0.25) is 0 Å². The minimum absolute atomic E-state index is 0. The SMILES string of the molecule is [CH2-]C#CC#CC#CC#N.[K+]. The van der Waals surface area contributed by atoms with E-state index < -0.39 is 0 Å². The van der Waals surface area contributed by atoms with Crippen molar-refractivity contribution in [3.8, 4) is 41.6 Å². The molecule has 0 heterocycles. The van der Waals surface area contributed by atoms with E-state index in [1.165, 1.54) is 0 Å². The van der Waals surface area contributed by atoms with Crippen LogP contribution in [0.5, 0.6) is 0 Å². The predicted octanol–water partition coefficient (Wildman–Crippen LogP) is -2.64. The molecule has 2 heteroatoms. The summed E-state index contributed by atoms with van der Waals surface area (Å²) in [5, 5.41) is 7.88. The molecule has 0 aromatic carbocycles. The molecule has 0 saturated carbocycles. The third-order valence-electron chi connectivity index (χ3n) is 0.394.